The van der Waals surface area contributed by atoms with Crippen LogP contribution in [0.3, 0.4) is 0 Å². The van der Waals surface area contributed by atoms with Gasteiger partial charge in [0.2, 0.25) is 0 Å². The smallest absolute Gasteiger partial charge is 0.130 e. The second kappa shape index (κ2) is 3.38. The van der Waals surface area contributed by atoms with Crippen molar-refractivity contribution >= 4 is 38.0 Å². The molecule has 0 atom stereocenters. The van der Waals surface area contributed by atoms with Crippen molar-refractivity contribution in [2.45, 2.75) is 0 Å². The summed E-state index contributed by atoms with van der Waals surface area (Å²) in [6.45, 7) is 0. The van der Waals surface area contributed by atoms with E-state index < -0.39 is 0 Å². The topological polar surface area (TPSA) is 9.23 Å². The van der Waals surface area contributed by atoms with Crippen molar-refractivity contribution in [3.63, 3.8) is 0 Å². The molecule has 0 amide bonds. The fraction of sp³-hybridized carbons (Fsp3) is 0.143. The Balaban J connectivity index is 3.17. The molecule has 1 rings (SSSR count). The van der Waals surface area contributed by atoms with Gasteiger partial charge in [-0.25, -0.2) is 0 Å². The maximum Gasteiger partial charge on any atom is 0.130 e. The monoisotopic (exact) mass is 261 g/mol. The molecule has 0 saturated carbocycles. The molecule has 0 aliphatic carbocycles. The zero-order chi connectivity index (χ0) is 7.56. The predicted octanol–water partition coefficient (Wildman–Crippen LogP) is 1.09. The minimum atomic E-state index is 0.903. The second-order valence-corrected chi connectivity index (χ2v) is 3.52. The lowest BCUT2D eigenvalue weighted by molar-refractivity contribution is 0.415. The highest BCUT2D eigenvalue weighted by Crippen LogP contribution is 2.15. The molecule has 0 heterocycles. The van der Waals surface area contributed by atoms with Crippen LogP contribution < -0.4 is 9.92 Å². The van der Waals surface area contributed by atoms with Crippen LogP contribution in [0, 0.1) is 3.57 Å². The van der Waals surface area contributed by atoms with Gasteiger partial charge < -0.3 is 4.74 Å². The summed E-state index contributed by atoms with van der Waals surface area (Å²) in [5, 5.41) is 0.995. The highest BCUT2D eigenvalue weighted by Gasteiger charge is 2.00. The highest BCUT2D eigenvalue weighted by atomic mass is 127. The van der Waals surface area contributed by atoms with Crippen LogP contribution in [0.5, 0.6) is 5.75 Å². The van der Waals surface area contributed by atoms with Crippen LogP contribution in [0.1, 0.15) is 0 Å². The Morgan fingerprint density at radius 1 is 1.50 bits per heavy atom. The van der Waals surface area contributed by atoms with Crippen molar-refractivity contribution < 1.29 is 4.74 Å². The summed E-state index contributed by atoms with van der Waals surface area (Å²) in [6, 6.07) is 5.94. The Morgan fingerprint density at radius 3 is 2.60 bits per heavy atom. The van der Waals surface area contributed by atoms with Gasteiger partial charge >= 0.3 is 0 Å². The quantitative estimate of drug-likeness (QED) is 0.543. The van der Waals surface area contributed by atoms with Gasteiger partial charge in [-0.1, -0.05) is 12.1 Å². The molecule has 10 heavy (non-hydrogen) atoms. The summed E-state index contributed by atoms with van der Waals surface area (Å²) in [5.41, 5.74) is 0. The van der Waals surface area contributed by atoms with E-state index >= 15 is 0 Å². The highest BCUT2D eigenvalue weighted by molar-refractivity contribution is 14.1. The molecule has 51 valence electrons. The van der Waals surface area contributed by atoms with E-state index in [0.717, 1.165) is 14.5 Å². The molecule has 1 aromatic rings. The van der Waals surface area contributed by atoms with E-state index in [1.54, 1.807) is 7.11 Å². The van der Waals surface area contributed by atoms with Crippen LogP contribution >= 0.6 is 22.6 Å². The van der Waals surface area contributed by atoms with Gasteiger partial charge in [0.1, 0.15) is 5.75 Å². The summed E-state index contributed by atoms with van der Waals surface area (Å²) >= 11 is 2.23. The van der Waals surface area contributed by atoms with Crippen molar-refractivity contribution in [3.05, 3.63) is 21.8 Å². The molecule has 1 aromatic carbocycles. The molecule has 0 aliphatic rings. The van der Waals surface area contributed by atoms with E-state index in [4.69, 9.17) is 4.74 Å². The van der Waals surface area contributed by atoms with Gasteiger partial charge in [-0.3, -0.25) is 0 Å². The number of hydrogen-bond donors (Lipinski definition) is 0. The Morgan fingerprint density at radius 2 is 2.20 bits per heavy atom. The van der Waals surface area contributed by atoms with Crippen LogP contribution in [0.2, 0.25) is 0 Å². The van der Waals surface area contributed by atoms with E-state index in [-0.39, 0.29) is 0 Å². The van der Waals surface area contributed by atoms with E-state index in [2.05, 4.69) is 32.8 Å². The average Bonchev–Trinajstić information content (AvgIpc) is 1.88. The zero-order valence-corrected chi connectivity index (χ0v) is 8.68. The third-order valence-electron chi connectivity index (χ3n) is 1.17. The molecule has 3 radical (unpaired) electrons. The molecule has 0 fully saturated rings. The minimum absolute atomic E-state index is 0.903. The number of halogens is 1. The maximum atomic E-state index is 5.12. The van der Waals surface area contributed by atoms with Gasteiger partial charge in [-0.05, 0) is 33.8 Å². The molecule has 0 aliphatic heterocycles. The Bertz CT molecular complexity index is 217. The SMILES string of the molecule is COc1c([Si])cccc1I. The lowest BCUT2D eigenvalue weighted by atomic mass is 10.3. The number of ether oxygens (including phenoxy) is 1. The maximum absolute atomic E-state index is 5.12. The molecule has 0 saturated heterocycles. The Kier molecular flexibility index (Phi) is 2.73. The number of rotatable bonds is 1. The first kappa shape index (κ1) is 8.07. The van der Waals surface area contributed by atoms with Gasteiger partial charge in [-0.2, -0.15) is 0 Å². The standard InChI is InChI=1S/C7H6IOSi/c1-9-7-5(8)3-2-4-6(7)10/h2-4H,1H3. The third kappa shape index (κ3) is 1.52. The minimum Gasteiger partial charge on any atom is -0.496 e. The number of para-hydroxylation sites is 1. The molecule has 0 bridgehead atoms. The van der Waals surface area contributed by atoms with Gasteiger partial charge in [0.25, 0.3) is 0 Å². The summed E-state index contributed by atoms with van der Waals surface area (Å²) in [6.07, 6.45) is 0. The van der Waals surface area contributed by atoms with Crippen LogP contribution in [0.25, 0.3) is 0 Å². The Hall–Kier alpha value is -0.0331. The third-order valence-corrected chi connectivity index (χ3v) is 2.41. The fourth-order valence-corrected chi connectivity index (χ4v) is 2.02. The lowest BCUT2D eigenvalue weighted by Gasteiger charge is -2.04. The van der Waals surface area contributed by atoms with Gasteiger partial charge in [0, 0.05) is 0 Å². The average molecular weight is 261 g/mol. The molecule has 3 heteroatoms. The van der Waals surface area contributed by atoms with Crippen LogP contribution in [0.15, 0.2) is 18.2 Å². The van der Waals surface area contributed by atoms with Crippen LogP contribution in [0.4, 0.5) is 0 Å². The van der Waals surface area contributed by atoms with Gasteiger partial charge in [0.15, 0.2) is 0 Å². The molecule has 0 spiro atoms. The van der Waals surface area contributed by atoms with E-state index in [1.165, 1.54) is 0 Å². The van der Waals surface area contributed by atoms with E-state index in [0.29, 0.717) is 0 Å². The molecule has 1 nitrogen and oxygen atoms in total. The van der Waals surface area contributed by atoms with Gasteiger partial charge in [-0.15, -0.1) is 0 Å². The second-order valence-electron chi connectivity index (χ2n) is 1.82. The van der Waals surface area contributed by atoms with Crippen molar-refractivity contribution in [1.82, 2.24) is 0 Å². The van der Waals surface area contributed by atoms with Crippen LogP contribution in [-0.2, 0) is 0 Å². The molecular weight excluding hydrogens is 255 g/mol. The molecule has 0 unspecified atom stereocenters. The lowest BCUT2D eigenvalue weighted by Crippen LogP contribution is -2.07. The van der Waals surface area contributed by atoms with Crippen LogP contribution in [-0.4, -0.2) is 17.4 Å². The normalized spacial score (nSPS) is 9.50. The zero-order valence-electron chi connectivity index (χ0n) is 5.52. The first-order chi connectivity index (χ1) is 4.75. The number of hydrogen-bond acceptors (Lipinski definition) is 1. The summed E-state index contributed by atoms with van der Waals surface area (Å²) in [7, 11) is 5.09. The van der Waals surface area contributed by atoms with Gasteiger partial charge in [0.05, 0.1) is 20.9 Å². The first-order valence-electron chi connectivity index (χ1n) is 2.80. The molecule has 0 aromatic heterocycles. The largest absolute Gasteiger partial charge is 0.496 e. The predicted molar refractivity (Wildman–Crippen MR) is 51.1 cm³/mol. The van der Waals surface area contributed by atoms with Crippen molar-refractivity contribution in [1.29, 1.82) is 0 Å². The number of methoxy groups -OCH3 is 1. The molecule has 0 N–H and O–H groups in total. The summed E-state index contributed by atoms with van der Waals surface area (Å²) in [5.74, 6) is 0.903. The summed E-state index contributed by atoms with van der Waals surface area (Å²) in [4.78, 5) is 0. The van der Waals surface area contributed by atoms with Crippen molar-refractivity contribution in [2.24, 2.45) is 0 Å². The number of benzene rings is 1. The first-order valence-corrected chi connectivity index (χ1v) is 4.37. The van der Waals surface area contributed by atoms with E-state index in [1.807, 2.05) is 18.2 Å². The van der Waals surface area contributed by atoms with E-state index in [9.17, 15) is 0 Å². The molecular formula is C7H6IOSi. The van der Waals surface area contributed by atoms with Crippen molar-refractivity contribution in [3.8, 4) is 5.75 Å². The van der Waals surface area contributed by atoms with Crippen molar-refractivity contribution in [2.75, 3.05) is 7.11 Å². The fourth-order valence-electron chi connectivity index (χ4n) is 0.716. The summed E-state index contributed by atoms with van der Waals surface area (Å²) < 4.78 is 6.24. The Labute approximate surface area is 77.3 Å².